The fourth-order valence-electron chi connectivity index (χ4n) is 4.58. The molecule has 0 bridgehead atoms. The lowest BCUT2D eigenvalue weighted by molar-refractivity contribution is -0.134. The molecule has 2 aromatic rings. The number of urea groups is 1. The Labute approximate surface area is 193 Å². The molecule has 4 rings (SSSR count). The quantitative estimate of drug-likeness (QED) is 0.654. The van der Waals surface area contributed by atoms with Gasteiger partial charge in [0.05, 0.1) is 17.5 Å². The van der Waals surface area contributed by atoms with Crippen LogP contribution in [0, 0.1) is 6.92 Å². The van der Waals surface area contributed by atoms with E-state index in [1.54, 1.807) is 30.3 Å². The van der Waals surface area contributed by atoms with Gasteiger partial charge < -0.3 is 10.2 Å². The van der Waals surface area contributed by atoms with E-state index in [-0.39, 0.29) is 11.5 Å². The number of amides is 4. The van der Waals surface area contributed by atoms with E-state index < -0.39 is 45.8 Å². The van der Waals surface area contributed by atoms with E-state index in [1.807, 2.05) is 38.1 Å². The number of nitrogens with one attached hydrogen (secondary N) is 1. The van der Waals surface area contributed by atoms with E-state index in [0.717, 1.165) is 10.5 Å². The predicted octanol–water partition coefficient (Wildman–Crippen LogP) is 2.37. The second-order valence-electron chi connectivity index (χ2n) is 8.60. The van der Waals surface area contributed by atoms with Gasteiger partial charge in [0.15, 0.2) is 9.84 Å². The zero-order valence-corrected chi connectivity index (χ0v) is 19.5. The van der Waals surface area contributed by atoms with Crippen molar-refractivity contribution in [2.75, 3.05) is 23.0 Å². The Morgan fingerprint density at radius 3 is 2.36 bits per heavy atom. The third kappa shape index (κ3) is 4.25. The highest BCUT2D eigenvalue weighted by atomic mass is 32.2. The van der Waals surface area contributed by atoms with Gasteiger partial charge in [-0.3, -0.25) is 14.5 Å². The largest absolute Gasteiger partial charge is 0.325 e. The van der Waals surface area contributed by atoms with Crippen molar-refractivity contribution in [3.05, 3.63) is 65.7 Å². The maximum absolute atomic E-state index is 13.4. The number of carbonyl (C=O) groups excluding carboxylic acids is 3. The van der Waals surface area contributed by atoms with Crippen molar-refractivity contribution < 1.29 is 22.8 Å². The number of hydrogen-bond donors (Lipinski definition) is 1. The first-order chi connectivity index (χ1) is 15.7. The molecule has 8 nitrogen and oxygen atoms in total. The fourth-order valence-corrected chi connectivity index (χ4v) is 6.28. The molecule has 0 aliphatic carbocycles. The Hall–Kier alpha value is -3.20. The maximum atomic E-state index is 13.4. The number of para-hydroxylation sites is 1. The molecule has 2 aliphatic heterocycles. The van der Waals surface area contributed by atoms with Gasteiger partial charge in [0, 0.05) is 5.69 Å². The average molecular weight is 470 g/mol. The van der Waals surface area contributed by atoms with Crippen molar-refractivity contribution in [2.45, 2.75) is 38.3 Å². The van der Waals surface area contributed by atoms with E-state index in [1.165, 1.54) is 4.90 Å². The van der Waals surface area contributed by atoms with E-state index in [2.05, 4.69) is 5.32 Å². The van der Waals surface area contributed by atoms with Crippen molar-refractivity contribution in [1.82, 2.24) is 10.2 Å². The molecule has 1 N–H and O–H groups in total. The summed E-state index contributed by atoms with van der Waals surface area (Å²) in [7, 11) is -3.25. The highest BCUT2D eigenvalue weighted by Gasteiger charge is 2.52. The second kappa shape index (κ2) is 8.62. The molecule has 0 unspecified atom stereocenters. The Balaban J connectivity index is 1.62. The molecule has 2 atom stereocenters. The number of hydrogen-bond acceptors (Lipinski definition) is 5. The zero-order valence-electron chi connectivity index (χ0n) is 18.7. The lowest BCUT2D eigenvalue weighted by Gasteiger charge is -2.30. The summed E-state index contributed by atoms with van der Waals surface area (Å²) in [6.45, 7) is 3.27. The van der Waals surface area contributed by atoms with Crippen LogP contribution in [-0.4, -0.2) is 55.3 Å². The molecule has 2 fully saturated rings. The number of benzene rings is 2. The molecule has 0 radical (unpaired) electrons. The molecule has 0 spiro atoms. The van der Waals surface area contributed by atoms with Crippen molar-refractivity contribution in [3.63, 3.8) is 0 Å². The third-order valence-corrected chi connectivity index (χ3v) is 8.17. The van der Waals surface area contributed by atoms with Gasteiger partial charge in [0.1, 0.15) is 12.1 Å². The third-order valence-electron chi connectivity index (χ3n) is 6.42. The van der Waals surface area contributed by atoms with Gasteiger partial charge >= 0.3 is 6.03 Å². The maximum Gasteiger partial charge on any atom is 0.325 e. The molecule has 2 aromatic carbocycles. The SMILES string of the molecule is CC[C@]1(c2ccc(C)cc2)NC(=O)N(CC(=O)N(c2ccccc2)[C@@H]2CCS(=O)(=O)C2)C1=O. The smallest absolute Gasteiger partial charge is 0.319 e. The minimum Gasteiger partial charge on any atom is -0.319 e. The zero-order chi connectivity index (χ0) is 23.8. The Morgan fingerprint density at radius 2 is 1.79 bits per heavy atom. The molecule has 2 aliphatic rings. The predicted molar refractivity (Wildman–Crippen MR) is 124 cm³/mol. The summed E-state index contributed by atoms with van der Waals surface area (Å²) >= 11 is 0. The molecule has 4 amide bonds. The second-order valence-corrected chi connectivity index (χ2v) is 10.8. The lowest BCUT2D eigenvalue weighted by atomic mass is 9.86. The summed E-state index contributed by atoms with van der Waals surface area (Å²) < 4.78 is 24.2. The van der Waals surface area contributed by atoms with Gasteiger partial charge in [0.25, 0.3) is 5.91 Å². The van der Waals surface area contributed by atoms with Crippen LogP contribution in [0.25, 0.3) is 0 Å². The first-order valence-corrected chi connectivity index (χ1v) is 12.8. The summed E-state index contributed by atoms with van der Waals surface area (Å²) in [5.41, 5.74) is 0.987. The van der Waals surface area contributed by atoms with Crippen LogP contribution in [0.4, 0.5) is 10.5 Å². The van der Waals surface area contributed by atoms with E-state index in [4.69, 9.17) is 0 Å². The van der Waals surface area contributed by atoms with Crippen LogP contribution in [0.3, 0.4) is 0 Å². The summed E-state index contributed by atoms with van der Waals surface area (Å²) in [4.78, 5) is 42.1. The topological polar surface area (TPSA) is 104 Å². The van der Waals surface area contributed by atoms with Crippen LogP contribution < -0.4 is 10.2 Å². The highest BCUT2D eigenvalue weighted by Crippen LogP contribution is 2.33. The van der Waals surface area contributed by atoms with Gasteiger partial charge in [0.2, 0.25) is 5.91 Å². The van der Waals surface area contributed by atoms with Crippen LogP contribution in [0.5, 0.6) is 0 Å². The van der Waals surface area contributed by atoms with Crippen LogP contribution >= 0.6 is 0 Å². The summed E-state index contributed by atoms with van der Waals surface area (Å²) in [6, 6.07) is 14.9. The summed E-state index contributed by atoms with van der Waals surface area (Å²) in [5, 5.41) is 2.79. The fraction of sp³-hybridized carbons (Fsp3) is 0.375. The minimum absolute atomic E-state index is 0.00375. The van der Waals surface area contributed by atoms with Gasteiger partial charge in [-0.1, -0.05) is 55.0 Å². The van der Waals surface area contributed by atoms with Crippen LogP contribution in [-0.2, 0) is 25.0 Å². The molecule has 9 heteroatoms. The number of carbonyl (C=O) groups is 3. The van der Waals surface area contributed by atoms with Crippen molar-refractivity contribution in [3.8, 4) is 0 Å². The summed E-state index contributed by atoms with van der Waals surface area (Å²) in [6.07, 6.45) is 0.639. The van der Waals surface area contributed by atoms with E-state index >= 15 is 0 Å². The Bertz CT molecular complexity index is 1180. The Morgan fingerprint density at radius 1 is 1.12 bits per heavy atom. The normalized spacial score (nSPS) is 24.1. The molecular weight excluding hydrogens is 442 g/mol. The van der Waals surface area contributed by atoms with Crippen LogP contribution in [0.1, 0.15) is 30.9 Å². The monoisotopic (exact) mass is 469 g/mol. The number of sulfone groups is 1. The first-order valence-electron chi connectivity index (χ1n) is 11.0. The van der Waals surface area contributed by atoms with Crippen molar-refractivity contribution in [1.29, 1.82) is 0 Å². The molecule has 2 saturated heterocycles. The van der Waals surface area contributed by atoms with Crippen molar-refractivity contribution in [2.24, 2.45) is 0 Å². The number of rotatable bonds is 6. The number of imide groups is 1. The minimum atomic E-state index is -3.25. The van der Waals surface area contributed by atoms with Gasteiger partial charge in [-0.25, -0.2) is 13.2 Å². The number of nitrogens with zero attached hydrogens (tertiary/aromatic N) is 2. The molecule has 174 valence electrons. The van der Waals surface area contributed by atoms with E-state index in [0.29, 0.717) is 24.1 Å². The van der Waals surface area contributed by atoms with Crippen molar-refractivity contribution >= 4 is 33.4 Å². The molecule has 0 saturated carbocycles. The summed E-state index contributed by atoms with van der Waals surface area (Å²) in [5.74, 6) is -1.12. The van der Waals surface area contributed by atoms with Gasteiger partial charge in [-0.05, 0) is 37.5 Å². The van der Waals surface area contributed by atoms with Crippen LogP contribution in [0.2, 0.25) is 0 Å². The first kappa shape index (κ1) is 23.0. The molecule has 33 heavy (non-hydrogen) atoms. The van der Waals surface area contributed by atoms with Gasteiger partial charge in [-0.2, -0.15) is 0 Å². The molecule has 0 aromatic heterocycles. The van der Waals surface area contributed by atoms with Crippen LogP contribution in [0.15, 0.2) is 54.6 Å². The standard InChI is InChI=1S/C24H27N3O5S/c1-3-24(18-11-9-17(2)10-12-18)22(29)26(23(30)25-24)15-21(28)27(19-7-5-4-6-8-19)20-13-14-33(31,32)16-20/h4-12,20H,3,13-16H2,1-2H3,(H,25,30)/t20-,24-/m1/s1. The molecular formula is C24H27N3O5S. The van der Waals surface area contributed by atoms with E-state index in [9.17, 15) is 22.8 Å². The number of aryl methyl sites for hydroxylation is 1. The average Bonchev–Trinajstić information content (AvgIpc) is 3.26. The lowest BCUT2D eigenvalue weighted by Crippen LogP contribution is -2.49. The highest BCUT2D eigenvalue weighted by molar-refractivity contribution is 7.91. The Kier molecular flexibility index (Phi) is 6.00. The van der Waals surface area contributed by atoms with Gasteiger partial charge in [-0.15, -0.1) is 0 Å². The molecule has 2 heterocycles. The number of anilines is 1.